The second-order valence-electron chi connectivity index (χ2n) is 4.60. The zero-order chi connectivity index (χ0) is 10.7. The summed E-state index contributed by atoms with van der Waals surface area (Å²) in [7, 11) is 0. The third kappa shape index (κ3) is 2.68. The molecule has 0 N–H and O–H groups in total. The summed E-state index contributed by atoms with van der Waals surface area (Å²) in [5.41, 5.74) is 2.63. The van der Waals surface area contributed by atoms with E-state index < -0.39 is 0 Å². The van der Waals surface area contributed by atoms with Crippen LogP contribution in [0.25, 0.3) is 0 Å². The van der Waals surface area contributed by atoms with Gasteiger partial charge in [-0.05, 0) is 31.2 Å². The van der Waals surface area contributed by atoms with Crippen molar-refractivity contribution >= 4 is 5.78 Å². The molecule has 0 aliphatic heterocycles. The molecule has 0 aromatic heterocycles. The van der Waals surface area contributed by atoms with Crippen molar-refractivity contribution in [3.8, 4) is 0 Å². The van der Waals surface area contributed by atoms with Gasteiger partial charge in [0, 0.05) is 12.8 Å². The highest BCUT2D eigenvalue weighted by Crippen LogP contribution is 2.29. The summed E-state index contributed by atoms with van der Waals surface area (Å²) in [6.07, 6.45) is 5.01. The second-order valence-corrected chi connectivity index (χ2v) is 4.60. The Morgan fingerprint density at radius 2 is 1.87 bits per heavy atom. The average molecular weight is 202 g/mol. The summed E-state index contributed by atoms with van der Waals surface area (Å²) in [5, 5.41) is 0. The number of hydrogen-bond acceptors (Lipinski definition) is 1. The minimum absolute atomic E-state index is 0.443. The molecule has 0 saturated heterocycles. The Morgan fingerprint density at radius 1 is 1.13 bits per heavy atom. The van der Waals surface area contributed by atoms with Gasteiger partial charge in [-0.15, -0.1) is 0 Å². The molecule has 1 aromatic rings. The molecule has 1 fully saturated rings. The van der Waals surface area contributed by atoms with E-state index in [-0.39, 0.29) is 0 Å². The third-order valence-electron chi connectivity index (χ3n) is 3.28. The van der Waals surface area contributed by atoms with E-state index >= 15 is 0 Å². The van der Waals surface area contributed by atoms with Crippen LogP contribution in [-0.2, 0) is 4.79 Å². The van der Waals surface area contributed by atoms with Gasteiger partial charge in [-0.25, -0.2) is 0 Å². The van der Waals surface area contributed by atoms with E-state index in [1.807, 2.05) is 0 Å². The highest BCUT2D eigenvalue weighted by atomic mass is 16.1. The Labute approximate surface area is 91.5 Å². The standard InChI is InChI=1S/C14H18O/c1-11-6-8-12(9-7-11)13-4-2-3-5-14(15)10-13/h6-9,13H,2-5,10H2,1H3/t13-/m0/s1. The second kappa shape index (κ2) is 4.61. The Morgan fingerprint density at radius 3 is 2.60 bits per heavy atom. The predicted molar refractivity (Wildman–Crippen MR) is 62.0 cm³/mol. The smallest absolute Gasteiger partial charge is 0.133 e. The highest BCUT2D eigenvalue weighted by Gasteiger charge is 2.18. The Kier molecular flexibility index (Phi) is 3.20. The lowest BCUT2D eigenvalue weighted by Crippen LogP contribution is -2.03. The van der Waals surface area contributed by atoms with Gasteiger partial charge in [0.15, 0.2) is 0 Å². The van der Waals surface area contributed by atoms with Crippen molar-refractivity contribution < 1.29 is 4.79 Å². The van der Waals surface area contributed by atoms with E-state index in [0.29, 0.717) is 11.7 Å². The largest absolute Gasteiger partial charge is 0.300 e. The van der Waals surface area contributed by atoms with Gasteiger partial charge in [0.25, 0.3) is 0 Å². The van der Waals surface area contributed by atoms with Crippen LogP contribution in [0.15, 0.2) is 24.3 Å². The fraction of sp³-hybridized carbons (Fsp3) is 0.500. The zero-order valence-electron chi connectivity index (χ0n) is 9.33. The van der Waals surface area contributed by atoms with Crippen molar-refractivity contribution in [3.63, 3.8) is 0 Å². The number of carbonyl (C=O) groups excluding carboxylic acids is 1. The van der Waals surface area contributed by atoms with E-state index in [2.05, 4.69) is 31.2 Å². The maximum atomic E-state index is 11.5. The molecule has 0 unspecified atom stereocenters. The van der Waals surface area contributed by atoms with Gasteiger partial charge in [-0.3, -0.25) is 4.79 Å². The number of carbonyl (C=O) groups is 1. The Hall–Kier alpha value is -1.11. The van der Waals surface area contributed by atoms with Crippen molar-refractivity contribution in [3.05, 3.63) is 35.4 Å². The lowest BCUT2D eigenvalue weighted by atomic mass is 9.91. The maximum Gasteiger partial charge on any atom is 0.133 e. The molecule has 2 rings (SSSR count). The fourth-order valence-electron chi connectivity index (χ4n) is 2.31. The van der Waals surface area contributed by atoms with Crippen LogP contribution in [0.1, 0.15) is 49.1 Å². The van der Waals surface area contributed by atoms with Crippen molar-refractivity contribution in [2.24, 2.45) is 0 Å². The van der Waals surface area contributed by atoms with Crippen LogP contribution in [-0.4, -0.2) is 5.78 Å². The van der Waals surface area contributed by atoms with Crippen LogP contribution in [0, 0.1) is 6.92 Å². The van der Waals surface area contributed by atoms with Gasteiger partial charge >= 0.3 is 0 Å². The molecular formula is C14H18O. The zero-order valence-corrected chi connectivity index (χ0v) is 9.33. The van der Waals surface area contributed by atoms with E-state index in [1.54, 1.807) is 0 Å². The first-order valence-electron chi connectivity index (χ1n) is 5.84. The molecule has 1 aliphatic rings. The number of aryl methyl sites for hydroxylation is 1. The van der Waals surface area contributed by atoms with Crippen LogP contribution >= 0.6 is 0 Å². The van der Waals surface area contributed by atoms with Crippen LogP contribution in [0.2, 0.25) is 0 Å². The SMILES string of the molecule is Cc1ccc([C@H]2CCCCC(=O)C2)cc1. The number of ketones is 1. The van der Waals surface area contributed by atoms with Gasteiger partial charge in [-0.2, -0.15) is 0 Å². The summed E-state index contributed by atoms with van der Waals surface area (Å²) < 4.78 is 0. The molecule has 0 heterocycles. The van der Waals surface area contributed by atoms with E-state index in [4.69, 9.17) is 0 Å². The molecule has 1 atom stereocenters. The molecule has 0 radical (unpaired) electrons. The lowest BCUT2D eigenvalue weighted by Gasteiger charge is -2.13. The van der Waals surface area contributed by atoms with Gasteiger partial charge in [0.2, 0.25) is 0 Å². The molecule has 80 valence electrons. The minimum atomic E-state index is 0.443. The highest BCUT2D eigenvalue weighted by molar-refractivity contribution is 5.79. The maximum absolute atomic E-state index is 11.5. The van der Waals surface area contributed by atoms with Crippen LogP contribution < -0.4 is 0 Å². The van der Waals surface area contributed by atoms with Gasteiger partial charge < -0.3 is 0 Å². The lowest BCUT2D eigenvalue weighted by molar-refractivity contribution is -0.119. The molecule has 15 heavy (non-hydrogen) atoms. The molecule has 0 bridgehead atoms. The predicted octanol–water partition coefficient (Wildman–Crippen LogP) is 3.61. The van der Waals surface area contributed by atoms with Crippen LogP contribution in [0.5, 0.6) is 0 Å². The van der Waals surface area contributed by atoms with E-state index in [1.165, 1.54) is 24.0 Å². The molecule has 1 heteroatoms. The summed E-state index contributed by atoms with van der Waals surface area (Å²) in [6, 6.07) is 8.65. The topological polar surface area (TPSA) is 17.1 Å². The Bertz CT molecular complexity index is 337. The van der Waals surface area contributed by atoms with Crippen LogP contribution in [0.4, 0.5) is 0 Å². The van der Waals surface area contributed by atoms with Gasteiger partial charge in [0.05, 0.1) is 0 Å². The molecule has 0 spiro atoms. The Balaban J connectivity index is 2.14. The quantitative estimate of drug-likeness (QED) is 0.636. The fourth-order valence-corrected chi connectivity index (χ4v) is 2.31. The van der Waals surface area contributed by atoms with Crippen LogP contribution in [0.3, 0.4) is 0 Å². The van der Waals surface area contributed by atoms with E-state index in [0.717, 1.165) is 19.3 Å². The number of Topliss-reactive ketones (excluding diaryl/α,β-unsaturated/α-hetero) is 1. The van der Waals surface area contributed by atoms with Gasteiger partial charge in [-0.1, -0.05) is 36.2 Å². The van der Waals surface area contributed by atoms with E-state index in [9.17, 15) is 4.79 Å². The monoisotopic (exact) mass is 202 g/mol. The molecule has 1 saturated carbocycles. The van der Waals surface area contributed by atoms with Crippen molar-refractivity contribution in [2.45, 2.75) is 44.9 Å². The molecular weight excluding hydrogens is 184 g/mol. The number of hydrogen-bond donors (Lipinski definition) is 0. The summed E-state index contributed by atoms with van der Waals surface area (Å²) in [4.78, 5) is 11.5. The summed E-state index contributed by atoms with van der Waals surface area (Å²) in [6.45, 7) is 2.10. The average Bonchev–Trinajstić information content (AvgIpc) is 2.44. The first-order chi connectivity index (χ1) is 7.25. The van der Waals surface area contributed by atoms with Gasteiger partial charge in [0.1, 0.15) is 5.78 Å². The summed E-state index contributed by atoms with van der Waals surface area (Å²) >= 11 is 0. The van der Waals surface area contributed by atoms with Crippen molar-refractivity contribution in [1.29, 1.82) is 0 Å². The minimum Gasteiger partial charge on any atom is -0.300 e. The summed E-state index contributed by atoms with van der Waals surface area (Å²) in [5.74, 6) is 0.915. The molecule has 0 amide bonds. The number of benzene rings is 1. The normalized spacial score (nSPS) is 22.5. The molecule has 1 aromatic carbocycles. The first-order valence-corrected chi connectivity index (χ1v) is 5.84. The molecule has 1 aliphatic carbocycles. The third-order valence-corrected chi connectivity index (χ3v) is 3.28. The molecule has 1 nitrogen and oxygen atoms in total. The number of rotatable bonds is 1. The van der Waals surface area contributed by atoms with Crippen molar-refractivity contribution in [1.82, 2.24) is 0 Å². The first kappa shape index (κ1) is 10.4. The van der Waals surface area contributed by atoms with Crippen molar-refractivity contribution in [2.75, 3.05) is 0 Å².